The number of aliphatic carboxylic acids is 1. The van der Waals surface area contributed by atoms with E-state index in [1.807, 2.05) is 6.92 Å². The summed E-state index contributed by atoms with van der Waals surface area (Å²) in [6.45, 7) is 6.24. The minimum atomic E-state index is -1.03. The van der Waals surface area contributed by atoms with Gasteiger partial charge in [-0.25, -0.2) is 4.79 Å². The number of rotatable bonds is 6. The maximum Gasteiger partial charge on any atom is 0.326 e. The highest BCUT2D eigenvalue weighted by Crippen LogP contribution is 2.09. The molecule has 0 saturated carbocycles. The predicted octanol–water partition coefficient (Wildman–Crippen LogP) is 0.830. The Labute approximate surface area is 107 Å². The zero-order valence-corrected chi connectivity index (χ0v) is 10.6. The fourth-order valence-corrected chi connectivity index (χ4v) is 1.94. The van der Waals surface area contributed by atoms with Crippen molar-refractivity contribution in [2.45, 2.75) is 38.3 Å². The Morgan fingerprint density at radius 2 is 2.33 bits per heavy atom. The molecule has 1 aliphatic rings. The summed E-state index contributed by atoms with van der Waals surface area (Å²) in [5.74, 6) is -1.26. The number of amides is 1. The third-order valence-electron chi connectivity index (χ3n) is 3.06. The summed E-state index contributed by atoms with van der Waals surface area (Å²) in [6.07, 6.45) is 5.37. The molecule has 0 bridgehead atoms. The third-order valence-corrected chi connectivity index (χ3v) is 3.06. The first-order valence-corrected chi connectivity index (χ1v) is 6.12. The van der Waals surface area contributed by atoms with Gasteiger partial charge in [0.15, 0.2) is 0 Å². The summed E-state index contributed by atoms with van der Waals surface area (Å²) in [7, 11) is 0. The molecule has 1 amide bonds. The maximum absolute atomic E-state index is 11.8. The SMILES string of the molecule is C=C/C(=C\C)C[C@H](NC(=O)[C@@H]1CCCN1)C(=O)O. The monoisotopic (exact) mass is 252 g/mol. The van der Waals surface area contributed by atoms with Crippen molar-refractivity contribution < 1.29 is 14.7 Å². The van der Waals surface area contributed by atoms with Gasteiger partial charge in [0.1, 0.15) is 6.04 Å². The Balaban J connectivity index is 2.59. The molecule has 0 aromatic heterocycles. The lowest BCUT2D eigenvalue weighted by Gasteiger charge is -2.17. The standard InChI is InChI=1S/C13H20N2O3/c1-3-9(4-2)8-11(13(17)18)15-12(16)10-6-5-7-14-10/h3-4,10-11,14H,1,5-8H2,2H3,(H,15,16)(H,17,18)/b9-4+/t10-,11-/m0/s1. The highest BCUT2D eigenvalue weighted by Gasteiger charge is 2.27. The van der Waals surface area contributed by atoms with Crippen LogP contribution in [0, 0.1) is 0 Å². The predicted molar refractivity (Wildman–Crippen MR) is 69.2 cm³/mol. The van der Waals surface area contributed by atoms with Gasteiger partial charge >= 0.3 is 5.97 Å². The van der Waals surface area contributed by atoms with Crippen LogP contribution in [-0.2, 0) is 9.59 Å². The minimum absolute atomic E-state index is 0.237. The van der Waals surface area contributed by atoms with Gasteiger partial charge in [-0.3, -0.25) is 4.79 Å². The number of carboxylic acids is 1. The van der Waals surface area contributed by atoms with Crippen LogP contribution in [0.25, 0.3) is 0 Å². The first kappa shape index (κ1) is 14.4. The van der Waals surface area contributed by atoms with Crippen LogP contribution in [0.4, 0.5) is 0 Å². The van der Waals surface area contributed by atoms with Crippen molar-refractivity contribution in [3.63, 3.8) is 0 Å². The van der Waals surface area contributed by atoms with E-state index in [0.29, 0.717) is 0 Å². The average molecular weight is 252 g/mol. The van der Waals surface area contributed by atoms with E-state index >= 15 is 0 Å². The quantitative estimate of drug-likeness (QED) is 0.612. The van der Waals surface area contributed by atoms with Crippen LogP contribution >= 0.6 is 0 Å². The van der Waals surface area contributed by atoms with E-state index in [1.54, 1.807) is 12.2 Å². The Morgan fingerprint density at radius 1 is 1.61 bits per heavy atom. The second-order valence-electron chi connectivity index (χ2n) is 4.32. The lowest BCUT2D eigenvalue weighted by atomic mass is 10.1. The summed E-state index contributed by atoms with van der Waals surface area (Å²) >= 11 is 0. The lowest BCUT2D eigenvalue weighted by Crippen LogP contribution is -2.48. The molecular weight excluding hydrogens is 232 g/mol. The molecule has 5 nitrogen and oxygen atoms in total. The molecule has 0 spiro atoms. The van der Waals surface area contributed by atoms with Crippen LogP contribution in [0.5, 0.6) is 0 Å². The first-order valence-electron chi connectivity index (χ1n) is 6.12. The highest BCUT2D eigenvalue weighted by molar-refractivity contribution is 5.87. The van der Waals surface area contributed by atoms with Gasteiger partial charge in [-0.05, 0) is 26.3 Å². The molecule has 1 saturated heterocycles. The normalized spacial score (nSPS) is 21.4. The molecule has 1 fully saturated rings. The molecule has 2 atom stereocenters. The molecule has 1 rings (SSSR count). The van der Waals surface area contributed by atoms with Gasteiger partial charge in [-0.1, -0.05) is 24.3 Å². The van der Waals surface area contributed by atoms with Crippen molar-refractivity contribution in [1.29, 1.82) is 0 Å². The zero-order chi connectivity index (χ0) is 13.5. The molecule has 18 heavy (non-hydrogen) atoms. The van der Waals surface area contributed by atoms with Gasteiger partial charge in [0.25, 0.3) is 0 Å². The van der Waals surface area contributed by atoms with Gasteiger partial charge in [0.2, 0.25) is 5.91 Å². The second kappa shape index (κ2) is 6.96. The molecule has 0 aromatic rings. The van der Waals surface area contributed by atoms with E-state index in [-0.39, 0.29) is 18.4 Å². The number of carboxylic acid groups (broad SMARTS) is 1. The van der Waals surface area contributed by atoms with Gasteiger partial charge < -0.3 is 15.7 Å². The molecule has 0 unspecified atom stereocenters. The van der Waals surface area contributed by atoms with Crippen LogP contribution in [0.15, 0.2) is 24.3 Å². The molecule has 100 valence electrons. The van der Waals surface area contributed by atoms with Crippen LogP contribution in [-0.4, -0.2) is 35.6 Å². The summed E-state index contributed by atoms with van der Waals surface area (Å²) in [5.41, 5.74) is 0.807. The summed E-state index contributed by atoms with van der Waals surface area (Å²) < 4.78 is 0. The first-order chi connectivity index (χ1) is 8.58. The van der Waals surface area contributed by atoms with Crippen molar-refractivity contribution in [3.05, 3.63) is 24.3 Å². The van der Waals surface area contributed by atoms with Crippen molar-refractivity contribution in [2.75, 3.05) is 6.54 Å². The fraction of sp³-hybridized carbons (Fsp3) is 0.538. The van der Waals surface area contributed by atoms with Gasteiger partial charge in [0, 0.05) is 6.42 Å². The summed E-state index contributed by atoms with van der Waals surface area (Å²) in [6, 6.07) is -1.16. The smallest absolute Gasteiger partial charge is 0.326 e. The van der Waals surface area contributed by atoms with Crippen LogP contribution in [0.2, 0.25) is 0 Å². The molecule has 3 N–H and O–H groups in total. The van der Waals surface area contributed by atoms with Crippen molar-refractivity contribution in [1.82, 2.24) is 10.6 Å². The van der Waals surface area contributed by atoms with Crippen LogP contribution in [0.3, 0.4) is 0 Å². The minimum Gasteiger partial charge on any atom is -0.480 e. The Morgan fingerprint density at radius 3 is 2.78 bits per heavy atom. The van der Waals surface area contributed by atoms with Gasteiger partial charge in [0.05, 0.1) is 6.04 Å². The lowest BCUT2D eigenvalue weighted by molar-refractivity contribution is -0.142. The Kier molecular flexibility index (Phi) is 5.58. The van der Waals surface area contributed by atoms with E-state index in [0.717, 1.165) is 25.0 Å². The van der Waals surface area contributed by atoms with E-state index in [4.69, 9.17) is 5.11 Å². The average Bonchev–Trinajstić information content (AvgIpc) is 2.87. The van der Waals surface area contributed by atoms with Crippen LogP contribution in [0.1, 0.15) is 26.2 Å². The fourth-order valence-electron chi connectivity index (χ4n) is 1.94. The van der Waals surface area contributed by atoms with Crippen molar-refractivity contribution in [3.8, 4) is 0 Å². The molecule has 1 heterocycles. The van der Waals surface area contributed by atoms with E-state index in [1.165, 1.54) is 0 Å². The zero-order valence-electron chi connectivity index (χ0n) is 10.6. The van der Waals surface area contributed by atoms with Crippen molar-refractivity contribution in [2.24, 2.45) is 0 Å². The maximum atomic E-state index is 11.8. The molecule has 1 aliphatic heterocycles. The highest BCUT2D eigenvalue weighted by atomic mass is 16.4. The van der Waals surface area contributed by atoms with Gasteiger partial charge in [-0.15, -0.1) is 0 Å². The number of allylic oxidation sites excluding steroid dienone is 2. The Bertz CT molecular complexity index is 357. The summed E-state index contributed by atoms with van der Waals surface area (Å²) in [4.78, 5) is 23.0. The molecule has 0 aliphatic carbocycles. The Hall–Kier alpha value is -1.62. The number of hydrogen-bond donors (Lipinski definition) is 3. The van der Waals surface area contributed by atoms with Crippen LogP contribution < -0.4 is 10.6 Å². The molecular formula is C13H20N2O3. The largest absolute Gasteiger partial charge is 0.480 e. The third kappa shape index (κ3) is 4.00. The summed E-state index contributed by atoms with van der Waals surface area (Å²) in [5, 5.41) is 14.7. The van der Waals surface area contributed by atoms with E-state index in [2.05, 4.69) is 17.2 Å². The van der Waals surface area contributed by atoms with E-state index < -0.39 is 12.0 Å². The number of carbonyl (C=O) groups excluding carboxylic acids is 1. The van der Waals surface area contributed by atoms with Crippen molar-refractivity contribution >= 4 is 11.9 Å². The second-order valence-corrected chi connectivity index (χ2v) is 4.32. The number of carbonyl (C=O) groups is 2. The topological polar surface area (TPSA) is 78.4 Å². The molecule has 0 radical (unpaired) electrons. The van der Waals surface area contributed by atoms with E-state index in [9.17, 15) is 9.59 Å². The number of nitrogens with one attached hydrogen (secondary N) is 2. The molecule has 5 heteroatoms. The number of hydrogen-bond acceptors (Lipinski definition) is 3. The molecule has 0 aromatic carbocycles. The van der Waals surface area contributed by atoms with Gasteiger partial charge in [-0.2, -0.15) is 0 Å².